The van der Waals surface area contributed by atoms with Crippen LogP contribution in [-0.2, 0) is 9.37 Å². The highest BCUT2D eigenvalue weighted by Gasteiger charge is 2.07. The molecule has 0 saturated carbocycles. The summed E-state index contributed by atoms with van der Waals surface area (Å²) in [6.45, 7) is 0. The third kappa shape index (κ3) is 5.04. The van der Waals surface area contributed by atoms with Crippen LogP contribution in [0, 0.1) is 0 Å². The van der Waals surface area contributed by atoms with E-state index >= 15 is 0 Å². The predicted octanol–water partition coefficient (Wildman–Crippen LogP) is 5.25. The zero-order valence-electron chi connectivity index (χ0n) is 14.7. The lowest BCUT2D eigenvalue weighted by Gasteiger charge is -2.09. The molecule has 0 radical (unpaired) electrons. The Morgan fingerprint density at radius 2 is 1.41 bits per heavy atom. The molecule has 0 saturated heterocycles. The van der Waals surface area contributed by atoms with Gasteiger partial charge in [-0.25, -0.2) is 0 Å². The van der Waals surface area contributed by atoms with Gasteiger partial charge in [0.05, 0.1) is 0 Å². The molecule has 29 heavy (non-hydrogen) atoms. The van der Waals surface area contributed by atoms with Crippen molar-refractivity contribution in [2.24, 2.45) is 0 Å². The van der Waals surface area contributed by atoms with Crippen LogP contribution in [-0.4, -0.2) is 15.0 Å². The van der Waals surface area contributed by atoms with Crippen molar-refractivity contribution < 1.29 is 14.3 Å². The second kappa shape index (κ2) is 8.93. The minimum absolute atomic E-state index is 0.0603. The van der Waals surface area contributed by atoms with Gasteiger partial charge in [0.1, 0.15) is 0 Å². The van der Waals surface area contributed by atoms with Gasteiger partial charge in [-0.05, 0) is 63.8 Å². The van der Waals surface area contributed by atoms with Crippen LogP contribution < -0.4 is 15.5 Å². The predicted molar refractivity (Wildman–Crippen MR) is 114 cm³/mol. The van der Waals surface area contributed by atoms with Crippen LogP contribution in [0.4, 0.5) is 23.3 Å². The molecule has 1 heterocycles. The van der Waals surface area contributed by atoms with E-state index in [2.05, 4.69) is 53.9 Å². The van der Waals surface area contributed by atoms with Gasteiger partial charge in [0.2, 0.25) is 17.2 Å². The van der Waals surface area contributed by atoms with Gasteiger partial charge in [0.25, 0.3) is 0 Å². The lowest BCUT2D eigenvalue weighted by atomic mass is 10.1. The number of hydrogen-bond donors (Lipinski definition) is 3. The van der Waals surface area contributed by atoms with Crippen LogP contribution in [0.25, 0.3) is 10.8 Å². The van der Waals surface area contributed by atoms with Crippen LogP contribution in [0.2, 0.25) is 5.28 Å². The van der Waals surface area contributed by atoms with E-state index in [-0.39, 0.29) is 11.2 Å². The fourth-order valence-electron chi connectivity index (χ4n) is 2.64. The highest BCUT2D eigenvalue weighted by molar-refractivity contribution is 7.74. The van der Waals surface area contributed by atoms with E-state index in [1.807, 2.05) is 36.4 Å². The molecule has 0 amide bonds. The molecule has 4 aromatic rings. The summed E-state index contributed by atoms with van der Waals surface area (Å²) in [7, 11) is 0. The Labute approximate surface area is 176 Å². The number of rotatable bonds is 7. The van der Waals surface area contributed by atoms with Crippen molar-refractivity contribution in [1.82, 2.24) is 15.0 Å². The summed E-state index contributed by atoms with van der Waals surface area (Å²) in [6.07, 6.45) is 0. The van der Waals surface area contributed by atoms with Crippen LogP contribution >= 0.6 is 24.5 Å². The molecule has 0 fully saturated rings. The van der Waals surface area contributed by atoms with E-state index in [1.165, 1.54) is 0 Å². The zero-order chi connectivity index (χ0) is 20.1. The van der Waals surface area contributed by atoms with Crippen molar-refractivity contribution in [3.63, 3.8) is 0 Å². The van der Waals surface area contributed by atoms with Gasteiger partial charge in [-0.3, -0.25) is 0 Å². The maximum atomic E-state index is 6.06. The summed E-state index contributed by atoms with van der Waals surface area (Å²) in [5, 5.41) is 12.8. The number of hydrogen-bond acceptors (Lipinski definition) is 9. The Morgan fingerprint density at radius 1 is 0.759 bits per heavy atom. The van der Waals surface area contributed by atoms with Crippen molar-refractivity contribution in [3.05, 3.63) is 72.0 Å². The summed E-state index contributed by atoms with van der Waals surface area (Å²) >= 11 is 9.47. The number of aromatic nitrogens is 3. The summed E-state index contributed by atoms with van der Waals surface area (Å²) in [4.78, 5) is 17.4. The molecule has 0 unspecified atom stereocenters. The minimum Gasteiger partial charge on any atom is -0.324 e. The molecule has 8 nitrogen and oxygen atoms in total. The highest BCUT2D eigenvalue weighted by atomic mass is 35.5. The summed E-state index contributed by atoms with van der Waals surface area (Å²) in [5.74, 6) is 1.04. The van der Waals surface area contributed by atoms with Crippen molar-refractivity contribution in [2.45, 2.75) is 0 Å². The first-order valence-electron chi connectivity index (χ1n) is 8.39. The Morgan fingerprint density at radius 3 is 2.14 bits per heavy atom. The van der Waals surface area contributed by atoms with E-state index < -0.39 is 0 Å². The van der Waals surface area contributed by atoms with E-state index in [0.717, 1.165) is 16.5 Å². The minimum atomic E-state index is 0.0603. The SMILES string of the molecule is SOOOc1ccc(Nc2nc(Cl)nc(Nc3ccc4ccccc4c3)n2)cc1. The normalized spacial score (nSPS) is 10.7. The maximum Gasteiger partial charge on any atom is 0.233 e. The highest BCUT2D eigenvalue weighted by Crippen LogP contribution is 2.23. The number of anilines is 4. The number of nitrogens with one attached hydrogen (secondary N) is 2. The molecular formula is C19H14ClN5O3S. The second-order valence-electron chi connectivity index (χ2n) is 5.81. The average molecular weight is 428 g/mol. The van der Waals surface area contributed by atoms with Gasteiger partial charge in [-0.2, -0.15) is 15.0 Å². The first-order valence-corrected chi connectivity index (χ1v) is 9.13. The maximum absolute atomic E-state index is 6.06. The molecule has 0 spiro atoms. The lowest BCUT2D eigenvalue weighted by molar-refractivity contribution is -0.402. The Balaban J connectivity index is 1.50. The van der Waals surface area contributed by atoms with Crippen LogP contribution in [0.15, 0.2) is 66.7 Å². The number of thiol groups is 1. The third-order valence-electron chi connectivity index (χ3n) is 3.88. The molecule has 0 bridgehead atoms. The van der Waals surface area contributed by atoms with Crippen molar-refractivity contribution in [1.29, 1.82) is 0 Å². The van der Waals surface area contributed by atoms with Crippen LogP contribution in [0.1, 0.15) is 0 Å². The lowest BCUT2D eigenvalue weighted by Crippen LogP contribution is -2.04. The average Bonchev–Trinajstić information content (AvgIpc) is 2.73. The third-order valence-corrected chi connectivity index (χ3v) is 4.11. The molecule has 0 aliphatic heterocycles. The quantitative estimate of drug-likeness (QED) is 0.159. The van der Waals surface area contributed by atoms with E-state index in [1.54, 1.807) is 24.3 Å². The fraction of sp³-hybridized carbons (Fsp3) is 0. The summed E-state index contributed by atoms with van der Waals surface area (Å²) in [6, 6.07) is 20.9. The molecule has 2 N–H and O–H groups in total. The van der Waals surface area contributed by atoms with Crippen molar-refractivity contribution in [3.8, 4) is 5.75 Å². The zero-order valence-corrected chi connectivity index (χ0v) is 16.4. The van der Waals surface area contributed by atoms with Crippen molar-refractivity contribution in [2.75, 3.05) is 10.6 Å². The monoisotopic (exact) mass is 427 g/mol. The molecule has 4 rings (SSSR count). The van der Waals surface area contributed by atoms with Gasteiger partial charge in [0, 0.05) is 24.3 Å². The number of fused-ring (bicyclic) bond motifs is 1. The Kier molecular flexibility index (Phi) is 5.92. The number of halogens is 1. The summed E-state index contributed by atoms with van der Waals surface area (Å²) in [5.41, 5.74) is 1.55. The second-order valence-corrected chi connectivity index (χ2v) is 6.30. The molecule has 1 aromatic heterocycles. The van der Waals surface area contributed by atoms with Gasteiger partial charge in [0.15, 0.2) is 5.75 Å². The van der Waals surface area contributed by atoms with Gasteiger partial charge in [-0.15, -0.1) is 4.33 Å². The van der Waals surface area contributed by atoms with Crippen molar-refractivity contribution >= 4 is 58.6 Å². The first kappa shape index (κ1) is 19.2. The topological polar surface area (TPSA) is 90.4 Å². The molecule has 3 aromatic carbocycles. The van der Waals surface area contributed by atoms with E-state index in [0.29, 0.717) is 17.4 Å². The van der Waals surface area contributed by atoms with E-state index in [4.69, 9.17) is 16.5 Å². The van der Waals surface area contributed by atoms with Crippen LogP contribution in [0.5, 0.6) is 5.75 Å². The number of nitrogens with zero attached hydrogens (tertiary/aromatic N) is 3. The summed E-state index contributed by atoms with van der Waals surface area (Å²) < 4.78 is 4.08. The van der Waals surface area contributed by atoms with Crippen LogP contribution in [0.3, 0.4) is 0 Å². The fourth-order valence-corrected chi connectivity index (χ4v) is 2.83. The standard InChI is InChI=1S/C19H14ClN5O3S/c20-17-23-18(21-14-7-9-16(10-8-14)26-27-28-29)25-19(24-17)22-15-6-5-12-3-1-2-4-13(12)11-15/h1-11,29H,(H2,21,22,23,24,25). The smallest absolute Gasteiger partial charge is 0.233 e. The van der Waals surface area contributed by atoms with E-state index in [9.17, 15) is 0 Å². The Bertz CT molecular complexity index is 1130. The molecule has 0 atom stereocenters. The Hall–Kier alpha value is -3.11. The van der Waals surface area contributed by atoms with Gasteiger partial charge >= 0.3 is 0 Å². The largest absolute Gasteiger partial charge is 0.324 e. The first-order chi connectivity index (χ1) is 14.2. The molecular weight excluding hydrogens is 414 g/mol. The molecule has 10 heteroatoms. The van der Waals surface area contributed by atoms with Gasteiger partial charge < -0.3 is 15.5 Å². The molecule has 146 valence electrons. The number of benzene rings is 3. The molecule has 0 aliphatic rings. The molecule has 0 aliphatic carbocycles. The van der Waals surface area contributed by atoms with Gasteiger partial charge in [-0.1, -0.05) is 30.3 Å².